The van der Waals surface area contributed by atoms with Crippen molar-refractivity contribution in [3.8, 4) is 5.75 Å². The van der Waals surface area contributed by atoms with Crippen LogP contribution in [0.1, 0.15) is 25.8 Å². The fourth-order valence-corrected chi connectivity index (χ4v) is 2.94. The minimum Gasteiger partial charge on any atom is -0.467 e. The summed E-state index contributed by atoms with van der Waals surface area (Å²) < 4.78 is 26.7. The van der Waals surface area contributed by atoms with Crippen LogP contribution in [0.25, 0.3) is 6.08 Å². The molecule has 1 aliphatic rings. The van der Waals surface area contributed by atoms with E-state index in [0.29, 0.717) is 0 Å². The van der Waals surface area contributed by atoms with Gasteiger partial charge in [0.1, 0.15) is 11.9 Å². The highest BCUT2D eigenvalue weighted by molar-refractivity contribution is 5.75. The van der Waals surface area contributed by atoms with E-state index in [1.807, 2.05) is 0 Å². The van der Waals surface area contributed by atoms with Crippen LogP contribution < -0.4 is 10.5 Å². The van der Waals surface area contributed by atoms with Crippen molar-refractivity contribution in [1.29, 1.82) is 0 Å². The van der Waals surface area contributed by atoms with Crippen molar-refractivity contribution in [2.75, 3.05) is 19.5 Å². The van der Waals surface area contributed by atoms with E-state index in [9.17, 15) is 14.4 Å². The van der Waals surface area contributed by atoms with Crippen molar-refractivity contribution < 1.29 is 43.2 Å². The lowest BCUT2D eigenvalue weighted by atomic mass is 10.0. The predicted octanol–water partition coefficient (Wildman–Crippen LogP) is 0.804. The van der Waals surface area contributed by atoms with Gasteiger partial charge in [0.25, 0.3) is 0 Å². The Kier molecular flexibility index (Phi) is 8.19. The molecule has 2 rings (SSSR count). The number of benzene rings is 1. The normalized spacial score (nSPS) is 23.6. The van der Waals surface area contributed by atoms with Crippen LogP contribution in [-0.4, -0.2) is 61.3 Å². The molecule has 0 spiro atoms. The number of methoxy groups -OCH3 is 1. The predicted molar refractivity (Wildman–Crippen MR) is 104 cm³/mol. The maximum absolute atomic E-state index is 12.0. The van der Waals surface area contributed by atoms with Crippen molar-refractivity contribution in [3.63, 3.8) is 0 Å². The summed E-state index contributed by atoms with van der Waals surface area (Å²) in [5.74, 6) is -1.77. The molecule has 0 radical (unpaired) electrons. The molecule has 1 heterocycles. The summed E-state index contributed by atoms with van der Waals surface area (Å²) in [6, 6.07) is 4.85. The fraction of sp³-hybridized carbons (Fsp3) is 0.450. The van der Waals surface area contributed by atoms with E-state index in [-0.39, 0.29) is 24.5 Å². The number of nitrogens with two attached hydrogens (primary N) is 1. The summed E-state index contributed by atoms with van der Waals surface area (Å²) in [5, 5.41) is 8.87. The van der Waals surface area contributed by atoms with E-state index in [0.717, 1.165) is 5.56 Å². The van der Waals surface area contributed by atoms with Crippen LogP contribution >= 0.6 is 0 Å². The van der Waals surface area contributed by atoms with E-state index in [4.69, 9.17) is 34.5 Å². The Hall–Kier alpha value is -3.11. The lowest BCUT2D eigenvalue weighted by molar-refractivity contribution is -0.251. The zero-order valence-electron chi connectivity index (χ0n) is 16.9. The highest BCUT2D eigenvalue weighted by Gasteiger charge is 2.47. The molecule has 0 saturated carbocycles. The Balaban J connectivity index is 2.33. The second-order valence-corrected chi connectivity index (χ2v) is 6.47. The van der Waals surface area contributed by atoms with Crippen LogP contribution in [0.2, 0.25) is 0 Å². The van der Waals surface area contributed by atoms with E-state index >= 15 is 0 Å². The van der Waals surface area contributed by atoms with Crippen LogP contribution in [-0.2, 0) is 33.3 Å². The monoisotopic (exact) mass is 423 g/mol. The first kappa shape index (κ1) is 23.2. The molecule has 0 aromatic heterocycles. The van der Waals surface area contributed by atoms with Gasteiger partial charge in [-0.3, -0.25) is 9.59 Å². The number of carbonyl (C=O) groups excluding carboxylic acids is 3. The molecule has 1 aliphatic heterocycles. The molecule has 0 bridgehead atoms. The molecule has 10 heteroatoms. The molecule has 1 aromatic rings. The smallest absolute Gasteiger partial charge is 0.335 e. The van der Waals surface area contributed by atoms with Gasteiger partial charge in [-0.15, -0.1) is 0 Å². The van der Waals surface area contributed by atoms with Gasteiger partial charge in [-0.2, -0.15) is 0 Å². The Labute approximate surface area is 173 Å². The zero-order chi connectivity index (χ0) is 22.3. The Morgan fingerprint density at radius 3 is 2.50 bits per heavy atom. The van der Waals surface area contributed by atoms with Gasteiger partial charge in [0.05, 0.1) is 19.4 Å². The number of esters is 3. The Bertz CT molecular complexity index is 807. The summed E-state index contributed by atoms with van der Waals surface area (Å²) >= 11 is 0. The number of hydrogen-bond acceptors (Lipinski definition) is 10. The SMILES string of the molecule is COC(=O)C1CC(OC(C)=O)[C@@H](OC(C)=O)C(Oc2ccc(/C=C/CO)cc2N)O1. The number of aliphatic hydroxyl groups excluding tert-OH is 1. The molecule has 164 valence electrons. The molecule has 4 atom stereocenters. The molecule has 30 heavy (non-hydrogen) atoms. The van der Waals surface area contributed by atoms with Crippen molar-refractivity contribution >= 4 is 29.7 Å². The van der Waals surface area contributed by atoms with Crippen LogP contribution in [0.5, 0.6) is 5.75 Å². The maximum atomic E-state index is 12.0. The van der Waals surface area contributed by atoms with Crippen LogP contribution in [0.4, 0.5) is 5.69 Å². The summed E-state index contributed by atoms with van der Waals surface area (Å²) in [4.78, 5) is 35.2. The molecule has 1 aromatic carbocycles. The number of anilines is 1. The van der Waals surface area contributed by atoms with Crippen molar-refractivity contribution in [1.82, 2.24) is 0 Å². The van der Waals surface area contributed by atoms with Gasteiger partial charge in [-0.05, 0) is 17.7 Å². The molecule has 10 nitrogen and oxygen atoms in total. The van der Waals surface area contributed by atoms with Crippen LogP contribution in [0.3, 0.4) is 0 Å². The van der Waals surface area contributed by atoms with Crippen LogP contribution in [0.15, 0.2) is 24.3 Å². The standard InChI is InChI=1S/C20H25NO9/c1-11(23)27-16-10-17(19(25)26-3)30-20(18(16)28-12(2)24)29-15-7-6-13(5-4-8-22)9-14(15)21/h4-7,9,16-18,20,22H,8,10,21H2,1-3H3/b5-4+/t16?,17?,18-,20?/m1/s1. The summed E-state index contributed by atoms with van der Waals surface area (Å²) in [7, 11) is 1.19. The van der Waals surface area contributed by atoms with E-state index in [1.54, 1.807) is 30.4 Å². The van der Waals surface area contributed by atoms with Gasteiger partial charge in [-0.1, -0.05) is 18.2 Å². The summed E-state index contributed by atoms with van der Waals surface area (Å²) in [6.07, 6.45) is -1.40. The molecule has 1 fully saturated rings. The lowest BCUT2D eigenvalue weighted by Gasteiger charge is -2.39. The molecular formula is C20H25NO9. The third kappa shape index (κ3) is 6.19. The topological polar surface area (TPSA) is 144 Å². The number of rotatable bonds is 7. The average Bonchev–Trinajstić information content (AvgIpc) is 2.68. The van der Waals surface area contributed by atoms with E-state index in [2.05, 4.69) is 0 Å². The number of nitrogen functional groups attached to an aromatic ring is 1. The van der Waals surface area contributed by atoms with Crippen molar-refractivity contribution in [3.05, 3.63) is 29.8 Å². The second-order valence-electron chi connectivity index (χ2n) is 6.47. The summed E-state index contributed by atoms with van der Waals surface area (Å²) in [5.41, 5.74) is 6.99. The molecule has 0 aliphatic carbocycles. The van der Waals surface area contributed by atoms with Crippen LogP contribution in [0, 0.1) is 0 Å². The van der Waals surface area contributed by atoms with E-state index < -0.39 is 42.5 Å². The maximum Gasteiger partial charge on any atom is 0.335 e. The minimum atomic E-state index is -1.29. The molecule has 0 amide bonds. The quantitative estimate of drug-likeness (QED) is 0.367. The number of ether oxygens (including phenoxy) is 5. The first-order valence-electron chi connectivity index (χ1n) is 9.16. The Morgan fingerprint density at radius 1 is 1.23 bits per heavy atom. The van der Waals surface area contributed by atoms with Gasteiger partial charge in [0.2, 0.25) is 12.4 Å². The van der Waals surface area contributed by atoms with E-state index in [1.165, 1.54) is 21.0 Å². The summed E-state index contributed by atoms with van der Waals surface area (Å²) in [6.45, 7) is 2.26. The zero-order valence-corrected chi connectivity index (χ0v) is 16.9. The average molecular weight is 423 g/mol. The molecule has 1 saturated heterocycles. The third-order valence-electron chi connectivity index (χ3n) is 4.16. The Morgan fingerprint density at radius 2 is 1.93 bits per heavy atom. The number of hydrogen-bond donors (Lipinski definition) is 2. The van der Waals surface area contributed by atoms with Gasteiger partial charge in [0.15, 0.2) is 6.10 Å². The van der Waals surface area contributed by atoms with Gasteiger partial charge in [-0.25, -0.2) is 4.79 Å². The fourth-order valence-electron chi connectivity index (χ4n) is 2.94. The third-order valence-corrected chi connectivity index (χ3v) is 4.16. The highest BCUT2D eigenvalue weighted by atomic mass is 16.7. The van der Waals surface area contributed by atoms with Gasteiger partial charge >= 0.3 is 17.9 Å². The highest BCUT2D eigenvalue weighted by Crippen LogP contribution is 2.31. The van der Waals surface area contributed by atoms with Gasteiger partial charge < -0.3 is 34.5 Å². The second kappa shape index (κ2) is 10.6. The first-order valence-corrected chi connectivity index (χ1v) is 9.16. The van der Waals surface area contributed by atoms with Crippen molar-refractivity contribution in [2.45, 2.75) is 44.9 Å². The first-order chi connectivity index (χ1) is 14.2. The molecule has 3 N–H and O–H groups in total. The van der Waals surface area contributed by atoms with Crippen molar-refractivity contribution in [2.24, 2.45) is 0 Å². The molecule has 3 unspecified atom stereocenters. The minimum absolute atomic E-state index is 0.0789. The molecular weight excluding hydrogens is 398 g/mol. The number of carbonyl (C=O) groups is 3. The van der Waals surface area contributed by atoms with Gasteiger partial charge in [0, 0.05) is 20.3 Å². The lowest BCUT2D eigenvalue weighted by Crippen LogP contribution is -2.55. The largest absolute Gasteiger partial charge is 0.467 e. The number of aliphatic hydroxyl groups is 1.